The Labute approximate surface area is 213 Å². The van der Waals surface area contributed by atoms with Gasteiger partial charge in [0.1, 0.15) is 5.82 Å². The van der Waals surface area contributed by atoms with Gasteiger partial charge in [-0.25, -0.2) is 4.98 Å². The lowest BCUT2D eigenvalue weighted by atomic mass is 10.1. The molecule has 0 unspecified atom stereocenters. The van der Waals surface area contributed by atoms with Crippen molar-refractivity contribution in [3.05, 3.63) is 114 Å². The summed E-state index contributed by atoms with van der Waals surface area (Å²) < 4.78 is 2.37. The molecule has 0 aliphatic rings. The van der Waals surface area contributed by atoms with Crippen LogP contribution in [0.5, 0.6) is 0 Å². The number of para-hydroxylation sites is 2. The summed E-state index contributed by atoms with van der Waals surface area (Å²) in [4.78, 5) is 17.1. The minimum absolute atomic E-state index is 0.135. The van der Waals surface area contributed by atoms with E-state index in [0.29, 0.717) is 6.42 Å². The molecule has 1 aromatic heterocycles. The second kappa shape index (κ2) is 11.7. The Kier molecular flexibility index (Phi) is 7.72. The van der Waals surface area contributed by atoms with Gasteiger partial charge in [-0.2, -0.15) is 0 Å². The molecule has 182 valence electrons. The molecular formula is C32H33N3O. The Balaban J connectivity index is 1.14. The zero-order valence-corrected chi connectivity index (χ0v) is 20.7. The van der Waals surface area contributed by atoms with Gasteiger partial charge >= 0.3 is 0 Å². The topological polar surface area (TPSA) is 46.9 Å². The van der Waals surface area contributed by atoms with Gasteiger partial charge < -0.3 is 9.88 Å². The van der Waals surface area contributed by atoms with Gasteiger partial charge in [0.25, 0.3) is 0 Å². The molecule has 0 atom stereocenters. The number of unbranched alkanes of at least 4 members (excludes halogenated alkanes) is 2. The van der Waals surface area contributed by atoms with Crippen LogP contribution < -0.4 is 5.32 Å². The highest BCUT2D eigenvalue weighted by atomic mass is 16.1. The monoisotopic (exact) mass is 475 g/mol. The fraction of sp³-hybridized carbons (Fsp3) is 0.250. The standard InChI is InChI=1S/C32H33N3O/c36-32(21-19-25-11-3-1-4-12-25)33-22-10-2-5-17-31-34-29-15-8-9-16-30(29)35(31)24-26-18-20-27-13-6-7-14-28(27)23-26/h1,3-4,6-9,11-16,18,20,23H,2,5,10,17,19,21-22,24H2,(H,33,36). The summed E-state index contributed by atoms with van der Waals surface area (Å²) in [6.45, 7) is 1.55. The number of nitrogens with one attached hydrogen (secondary N) is 1. The molecule has 0 saturated heterocycles. The predicted octanol–water partition coefficient (Wildman–Crippen LogP) is 6.70. The van der Waals surface area contributed by atoms with Gasteiger partial charge in [0.05, 0.1) is 11.0 Å². The maximum absolute atomic E-state index is 12.1. The first-order valence-corrected chi connectivity index (χ1v) is 13.0. The number of hydrogen-bond donors (Lipinski definition) is 1. The van der Waals surface area contributed by atoms with Crippen molar-refractivity contribution in [2.75, 3.05) is 6.54 Å². The predicted molar refractivity (Wildman–Crippen MR) is 148 cm³/mol. The van der Waals surface area contributed by atoms with Crippen molar-refractivity contribution in [2.45, 2.75) is 45.1 Å². The van der Waals surface area contributed by atoms with E-state index in [1.54, 1.807) is 0 Å². The number of amides is 1. The van der Waals surface area contributed by atoms with Gasteiger partial charge in [-0.3, -0.25) is 4.79 Å². The number of carbonyl (C=O) groups excluding carboxylic acids is 1. The van der Waals surface area contributed by atoms with E-state index in [0.717, 1.165) is 56.5 Å². The third-order valence-electron chi connectivity index (χ3n) is 6.77. The SMILES string of the molecule is O=C(CCc1ccccc1)NCCCCCc1nc2ccccc2n1Cc1ccc2ccccc2c1. The summed E-state index contributed by atoms with van der Waals surface area (Å²) in [7, 11) is 0. The van der Waals surface area contributed by atoms with Crippen molar-refractivity contribution in [1.82, 2.24) is 14.9 Å². The first-order chi connectivity index (χ1) is 17.8. The molecule has 0 aliphatic carbocycles. The quantitative estimate of drug-likeness (QED) is 0.216. The fourth-order valence-corrected chi connectivity index (χ4v) is 4.82. The lowest BCUT2D eigenvalue weighted by Gasteiger charge is -2.11. The molecule has 5 rings (SSSR count). The number of aromatic nitrogens is 2. The summed E-state index contributed by atoms with van der Waals surface area (Å²) in [6.07, 6.45) is 5.38. The van der Waals surface area contributed by atoms with Crippen molar-refractivity contribution >= 4 is 27.7 Å². The van der Waals surface area contributed by atoms with E-state index in [9.17, 15) is 4.79 Å². The van der Waals surface area contributed by atoms with Gasteiger partial charge in [-0.15, -0.1) is 0 Å². The highest BCUT2D eigenvalue weighted by Crippen LogP contribution is 2.22. The third-order valence-corrected chi connectivity index (χ3v) is 6.77. The number of fused-ring (bicyclic) bond motifs is 2. The Morgan fingerprint density at radius 2 is 1.50 bits per heavy atom. The number of nitrogens with zero attached hydrogens (tertiary/aromatic N) is 2. The Morgan fingerprint density at radius 3 is 2.39 bits per heavy atom. The molecule has 5 aromatic rings. The number of hydrogen-bond acceptors (Lipinski definition) is 2. The van der Waals surface area contributed by atoms with Crippen molar-refractivity contribution in [1.29, 1.82) is 0 Å². The van der Waals surface area contributed by atoms with Crippen LogP contribution in [0, 0.1) is 0 Å². The normalized spacial score (nSPS) is 11.2. The lowest BCUT2D eigenvalue weighted by Crippen LogP contribution is -2.24. The Hall–Kier alpha value is -3.92. The second-order valence-corrected chi connectivity index (χ2v) is 9.43. The summed E-state index contributed by atoms with van der Waals surface area (Å²) in [5, 5.41) is 5.61. The van der Waals surface area contributed by atoms with E-state index in [4.69, 9.17) is 4.98 Å². The van der Waals surface area contributed by atoms with E-state index < -0.39 is 0 Å². The van der Waals surface area contributed by atoms with Crippen LogP contribution in [0.1, 0.15) is 42.6 Å². The van der Waals surface area contributed by atoms with Crippen LogP contribution in [0.25, 0.3) is 21.8 Å². The first-order valence-electron chi connectivity index (χ1n) is 13.0. The van der Waals surface area contributed by atoms with Gasteiger partial charge in [0.2, 0.25) is 5.91 Å². The third kappa shape index (κ3) is 6.01. The van der Waals surface area contributed by atoms with Crippen LogP contribution in [-0.4, -0.2) is 22.0 Å². The van der Waals surface area contributed by atoms with Crippen LogP contribution in [0.15, 0.2) is 97.1 Å². The van der Waals surface area contributed by atoms with Crippen LogP contribution >= 0.6 is 0 Å². The molecule has 0 aliphatic heterocycles. The highest BCUT2D eigenvalue weighted by molar-refractivity contribution is 5.83. The number of aryl methyl sites for hydroxylation is 2. The summed E-state index contributed by atoms with van der Waals surface area (Å²) in [5.74, 6) is 1.27. The smallest absolute Gasteiger partial charge is 0.220 e. The molecule has 4 aromatic carbocycles. The number of carbonyl (C=O) groups is 1. The van der Waals surface area contributed by atoms with Crippen molar-refractivity contribution < 1.29 is 4.79 Å². The zero-order valence-electron chi connectivity index (χ0n) is 20.7. The van der Waals surface area contributed by atoms with E-state index in [2.05, 4.69) is 88.7 Å². The van der Waals surface area contributed by atoms with Crippen molar-refractivity contribution in [2.24, 2.45) is 0 Å². The molecule has 0 saturated carbocycles. The lowest BCUT2D eigenvalue weighted by molar-refractivity contribution is -0.121. The number of imidazole rings is 1. The van der Waals surface area contributed by atoms with E-state index >= 15 is 0 Å². The van der Waals surface area contributed by atoms with E-state index in [1.807, 2.05) is 18.2 Å². The van der Waals surface area contributed by atoms with Crippen LogP contribution in [0.2, 0.25) is 0 Å². The fourth-order valence-electron chi connectivity index (χ4n) is 4.82. The maximum atomic E-state index is 12.1. The van der Waals surface area contributed by atoms with Gasteiger partial charge in [0, 0.05) is 25.9 Å². The van der Waals surface area contributed by atoms with E-state index in [1.165, 1.54) is 27.4 Å². The molecule has 0 spiro atoms. The minimum Gasteiger partial charge on any atom is -0.356 e. The maximum Gasteiger partial charge on any atom is 0.220 e. The molecule has 1 amide bonds. The van der Waals surface area contributed by atoms with Crippen LogP contribution in [0.4, 0.5) is 0 Å². The number of benzene rings is 4. The van der Waals surface area contributed by atoms with Crippen LogP contribution in [0.3, 0.4) is 0 Å². The molecule has 0 radical (unpaired) electrons. The van der Waals surface area contributed by atoms with Crippen molar-refractivity contribution in [3.63, 3.8) is 0 Å². The van der Waals surface area contributed by atoms with E-state index in [-0.39, 0.29) is 5.91 Å². The zero-order chi connectivity index (χ0) is 24.6. The average Bonchev–Trinajstić information content (AvgIpc) is 3.27. The molecule has 0 fully saturated rings. The van der Waals surface area contributed by atoms with Crippen molar-refractivity contribution in [3.8, 4) is 0 Å². The Morgan fingerprint density at radius 1 is 0.722 bits per heavy atom. The Bertz CT molecular complexity index is 1440. The molecular weight excluding hydrogens is 442 g/mol. The number of rotatable bonds is 11. The molecule has 1 N–H and O–H groups in total. The molecule has 0 bridgehead atoms. The average molecular weight is 476 g/mol. The van der Waals surface area contributed by atoms with Gasteiger partial charge in [-0.05, 0) is 59.4 Å². The van der Waals surface area contributed by atoms with Gasteiger partial charge in [0.15, 0.2) is 0 Å². The molecule has 1 heterocycles. The largest absolute Gasteiger partial charge is 0.356 e. The minimum atomic E-state index is 0.135. The van der Waals surface area contributed by atoms with Gasteiger partial charge in [-0.1, -0.05) is 85.3 Å². The van der Waals surface area contributed by atoms with Crippen LogP contribution in [-0.2, 0) is 24.2 Å². The summed E-state index contributed by atoms with van der Waals surface area (Å²) in [6, 6.07) is 33.8. The molecule has 4 nitrogen and oxygen atoms in total. The highest BCUT2D eigenvalue weighted by Gasteiger charge is 2.11. The summed E-state index contributed by atoms with van der Waals surface area (Å²) >= 11 is 0. The second-order valence-electron chi connectivity index (χ2n) is 9.43. The molecule has 4 heteroatoms. The first kappa shape index (κ1) is 23.8. The molecule has 36 heavy (non-hydrogen) atoms. The summed E-state index contributed by atoms with van der Waals surface area (Å²) in [5.41, 5.74) is 4.74.